The van der Waals surface area contributed by atoms with E-state index < -0.39 is 5.60 Å². The fourth-order valence-electron chi connectivity index (χ4n) is 1.92. The molecular weight excluding hydrogens is 184 g/mol. The van der Waals surface area contributed by atoms with Gasteiger partial charge in [-0.25, -0.2) is 0 Å². The van der Waals surface area contributed by atoms with Crippen LogP contribution in [0.25, 0.3) is 0 Å². The molecule has 0 aliphatic carbocycles. The van der Waals surface area contributed by atoms with Crippen LogP contribution in [0.5, 0.6) is 0 Å². The van der Waals surface area contributed by atoms with Crippen LogP contribution in [0.15, 0.2) is 11.4 Å². The maximum atomic E-state index is 10.4. The molecule has 1 saturated heterocycles. The summed E-state index contributed by atoms with van der Waals surface area (Å²) in [6.45, 7) is 4.64. The summed E-state index contributed by atoms with van der Waals surface area (Å²) in [4.78, 5) is 1.19. The van der Waals surface area contributed by atoms with Gasteiger partial charge in [-0.2, -0.15) is 0 Å². The van der Waals surface area contributed by atoms with Gasteiger partial charge in [0.05, 0.1) is 12.7 Å². The lowest BCUT2D eigenvalue weighted by molar-refractivity contribution is -0.0317. The van der Waals surface area contributed by atoms with Gasteiger partial charge in [0.2, 0.25) is 0 Å². The molecule has 2 atom stereocenters. The molecular formula is C10H14O2S. The topological polar surface area (TPSA) is 29.5 Å². The standard InChI is InChI=1S/C10H14O2S/c1-7-9(3-6-13-7)10(11)4-5-12-8(10)2/h3,6,8,11H,4-5H2,1-2H3. The first-order valence-corrected chi connectivity index (χ1v) is 5.41. The molecule has 0 aromatic carbocycles. The smallest absolute Gasteiger partial charge is 0.119 e. The second-order valence-corrected chi connectivity index (χ2v) is 4.70. The molecule has 1 aliphatic rings. The molecule has 0 amide bonds. The number of hydrogen-bond donors (Lipinski definition) is 1. The fraction of sp³-hybridized carbons (Fsp3) is 0.600. The molecule has 1 N–H and O–H groups in total. The van der Waals surface area contributed by atoms with Crippen LogP contribution >= 0.6 is 11.3 Å². The zero-order valence-electron chi connectivity index (χ0n) is 7.91. The Labute approximate surface area is 82.2 Å². The highest BCUT2D eigenvalue weighted by atomic mass is 32.1. The van der Waals surface area contributed by atoms with Gasteiger partial charge in [-0.3, -0.25) is 0 Å². The van der Waals surface area contributed by atoms with Gasteiger partial charge in [-0.05, 0) is 30.9 Å². The van der Waals surface area contributed by atoms with Crippen LogP contribution in [0.2, 0.25) is 0 Å². The number of aryl methyl sites for hydroxylation is 1. The molecule has 1 aromatic heterocycles. The van der Waals surface area contributed by atoms with Gasteiger partial charge in [0.25, 0.3) is 0 Å². The quantitative estimate of drug-likeness (QED) is 0.748. The first kappa shape index (κ1) is 9.19. The monoisotopic (exact) mass is 198 g/mol. The molecule has 0 spiro atoms. The molecule has 1 aromatic rings. The van der Waals surface area contributed by atoms with Gasteiger partial charge >= 0.3 is 0 Å². The lowest BCUT2D eigenvalue weighted by Gasteiger charge is -2.26. The van der Waals surface area contributed by atoms with Crippen molar-refractivity contribution >= 4 is 11.3 Å². The highest BCUT2D eigenvalue weighted by Gasteiger charge is 2.42. The van der Waals surface area contributed by atoms with Gasteiger partial charge in [-0.1, -0.05) is 0 Å². The van der Waals surface area contributed by atoms with E-state index in [4.69, 9.17) is 4.74 Å². The summed E-state index contributed by atoms with van der Waals surface area (Å²) >= 11 is 1.68. The van der Waals surface area contributed by atoms with Crippen molar-refractivity contribution in [3.8, 4) is 0 Å². The number of ether oxygens (including phenoxy) is 1. The molecule has 2 unspecified atom stereocenters. The highest BCUT2D eigenvalue weighted by Crippen LogP contribution is 2.38. The second kappa shape index (κ2) is 3.08. The third kappa shape index (κ3) is 1.31. The van der Waals surface area contributed by atoms with Crippen molar-refractivity contribution in [2.45, 2.75) is 32.0 Å². The Hall–Kier alpha value is -0.380. The molecule has 2 nitrogen and oxygen atoms in total. The predicted octanol–water partition coefficient (Wildman–Crippen LogP) is 2.05. The Morgan fingerprint density at radius 2 is 2.46 bits per heavy atom. The van der Waals surface area contributed by atoms with Gasteiger partial charge in [0, 0.05) is 11.3 Å². The molecule has 72 valence electrons. The van der Waals surface area contributed by atoms with Crippen LogP contribution in [0.3, 0.4) is 0 Å². The minimum Gasteiger partial charge on any atom is -0.382 e. The Kier molecular flexibility index (Phi) is 2.18. The summed E-state index contributed by atoms with van der Waals surface area (Å²) in [5.41, 5.74) is 0.298. The number of hydrogen-bond acceptors (Lipinski definition) is 3. The molecule has 0 saturated carbocycles. The number of aliphatic hydroxyl groups is 1. The number of rotatable bonds is 1. The van der Waals surface area contributed by atoms with Crippen LogP contribution in [0.1, 0.15) is 23.8 Å². The summed E-state index contributed by atoms with van der Waals surface area (Å²) in [7, 11) is 0. The summed E-state index contributed by atoms with van der Waals surface area (Å²) in [5, 5.41) is 12.4. The van der Waals surface area contributed by atoms with E-state index in [1.165, 1.54) is 4.88 Å². The van der Waals surface area contributed by atoms with E-state index in [2.05, 4.69) is 0 Å². The summed E-state index contributed by atoms with van der Waals surface area (Å²) in [6, 6.07) is 2.01. The van der Waals surface area contributed by atoms with E-state index in [1.807, 2.05) is 25.3 Å². The largest absolute Gasteiger partial charge is 0.382 e. The zero-order chi connectivity index (χ0) is 9.47. The normalized spacial score (nSPS) is 33.9. The first-order valence-electron chi connectivity index (χ1n) is 4.53. The van der Waals surface area contributed by atoms with Crippen LogP contribution in [-0.2, 0) is 10.3 Å². The summed E-state index contributed by atoms with van der Waals surface area (Å²) < 4.78 is 5.40. The maximum Gasteiger partial charge on any atom is 0.119 e. The molecule has 3 heteroatoms. The third-order valence-corrected chi connectivity index (χ3v) is 3.69. The van der Waals surface area contributed by atoms with Crippen LogP contribution in [-0.4, -0.2) is 17.8 Å². The molecule has 0 bridgehead atoms. The average molecular weight is 198 g/mol. The minimum atomic E-state index is -0.746. The lowest BCUT2D eigenvalue weighted by atomic mass is 9.88. The van der Waals surface area contributed by atoms with Crippen molar-refractivity contribution in [1.82, 2.24) is 0 Å². The lowest BCUT2D eigenvalue weighted by Crippen LogP contribution is -2.33. The van der Waals surface area contributed by atoms with Gasteiger partial charge in [0.1, 0.15) is 5.60 Å². The average Bonchev–Trinajstić information content (AvgIpc) is 2.62. The Morgan fingerprint density at radius 3 is 2.92 bits per heavy atom. The first-order chi connectivity index (χ1) is 6.14. The second-order valence-electron chi connectivity index (χ2n) is 3.58. The van der Waals surface area contributed by atoms with Gasteiger partial charge in [-0.15, -0.1) is 11.3 Å². The predicted molar refractivity (Wildman–Crippen MR) is 53.0 cm³/mol. The van der Waals surface area contributed by atoms with E-state index >= 15 is 0 Å². The Balaban J connectivity index is 2.39. The van der Waals surface area contributed by atoms with E-state index in [1.54, 1.807) is 11.3 Å². The summed E-state index contributed by atoms with van der Waals surface area (Å²) in [5.74, 6) is 0. The van der Waals surface area contributed by atoms with Crippen molar-refractivity contribution in [1.29, 1.82) is 0 Å². The van der Waals surface area contributed by atoms with Gasteiger partial charge in [0.15, 0.2) is 0 Å². The van der Waals surface area contributed by atoms with E-state index in [9.17, 15) is 5.11 Å². The Morgan fingerprint density at radius 1 is 1.69 bits per heavy atom. The van der Waals surface area contributed by atoms with Crippen LogP contribution in [0, 0.1) is 6.92 Å². The van der Waals surface area contributed by atoms with Crippen LogP contribution < -0.4 is 0 Å². The molecule has 1 fully saturated rings. The van der Waals surface area contributed by atoms with Gasteiger partial charge < -0.3 is 9.84 Å². The SMILES string of the molecule is Cc1sccc1C1(O)CCOC1C. The van der Waals surface area contributed by atoms with Crippen molar-refractivity contribution in [3.05, 3.63) is 21.9 Å². The summed E-state index contributed by atoms with van der Waals surface area (Å²) in [6.07, 6.45) is 0.631. The third-order valence-electron chi connectivity index (χ3n) is 2.85. The molecule has 13 heavy (non-hydrogen) atoms. The molecule has 2 rings (SSSR count). The van der Waals surface area contributed by atoms with Crippen molar-refractivity contribution in [2.24, 2.45) is 0 Å². The maximum absolute atomic E-state index is 10.4. The van der Waals surface area contributed by atoms with Crippen molar-refractivity contribution in [2.75, 3.05) is 6.61 Å². The van der Waals surface area contributed by atoms with E-state index in [-0.39, 0.29) is 6.10 Å². The van der Waals surface area contributed by atoms with Crippen molar-refractivity contribution < 1.29 is 9.84 Å². The zero-order valence-corrected chi connectivity index (χ0v) is 8.73. The molecule has 2 heterocycles. The number of thiophene rings is 1. The Bertz CT molecular complexity index is 308. The van der Waals surface area contributed by atoms with Crippen LogP contribution in [0.4, 0.5) is 0 Å². The van der Waals surface area contributed by atoms with E-state index in [0.717, 1.165) is 5.56 Å². The van der Waals surface area contributed by atoms with E-state index in [0.29, 0.717) is 13.0 Å². The van der Waals surface area contributed by atoms with Crippen molar-refractivity contribution in [3.63, 3.8) is 0 Å². The highest BCUT2D eigenvalue weighted by molar-refractivity contribution is 7.10. The minimum absolute atomic E-state index is 0.0826. The molecule has 0 radical (unpaired) electrons. The molecule has 1 aliphatic heterocycles. The fourth-order valence-corrected chi connectivity index (χ4v) is 2.70.